The van der Waals surface area contributed by atoms with Gasteiger partial charge in [0.25, 0.3) is 5.91 Å². The molecular formula is C31H38N2O11. The number of aliphatic carboxylic acids is 1. The number of esters is 1. The summed E-state index contributed by atoms with van der Waals surface area (Å²) < 4.78 is 16.8. The number of aryl methyl sites for hydroxylation is 1. The molecule has 3 rings (SSSR count). The van der Waals surface area contributed by atoms with Crippen LogP contribution in [0, 0.1) is 24.7 Å². The summed E-state index contributed by atoms with van der Waals surface area (Å²) in [6, 6.07) is 9.40. The van der Waals surface area contributed by atoms with E-state index in [2.05, 4.69) is 10.3 Å². The van der Waals surface area contributed by atoms with Crippen LogP contribution in [0.1, 0.15) is 66.3 Å². The van der Waals surface area contributed by atoms with Gasteiger partial charge in [0.05, 0.1) is 25.6 Å². The van der Waals surface area contributed by atoms with Crippen LogP contribution in [0.15, 0.2) is 30.3 Å². The first kappa shape index (κ1) is 34.0. The van der Waals surface area contributed by atoms with Crippen LogP contribution < -0.4 is 14.8 Å². The number of carbonyl (C=O) groups excluding carboxylic acids is 4. The van der Waals surface area contributed by atoms with Crippen molar-refractivity contribution in [2.24, 2.45) is 17.8 Å². The number of carbonyl (C=O) groups is 5. The smallest absolute Gasteiger partial charge is 0.346 e. The number of amides is 1. The third-order valence-corrected chi connectivity index (χ3v) is 7.19. The summed E-state index contributed by atoms with van der Waals surface area (Å²) in [5.74, 6) is -6.66. The van der Waals surface area contributed by atoms with E-state index in [1.165, 1.54) is 7.11 Å². The third-order valence-electron chi connectivity index (χ3n) is 7.19. The van der Waals surface area contributed by atoms with E-state index in [4.69, 9.17) is 24.0 Å². The van der Waals surface area contributed by atoms with Crippen molar-refractivity contribution in [2.45, 2.75) is 52.4 Å². The number of carboxylic acids is 1. The standard InChI is InChI=1S/C31H38N2O11/c1-18(2)30(38)42-17-41-27-25(28(35)32-15-21(16-34)29(36)37)33-19(3)24(26(27)40-4)22-12-8-9-13-43-44-31(39)23(22)14-20-10-6-5-7-11-20/h5-7,10-11,16,18,21-23H,8-9,12-15,17H2,1-4H3,(H,32,35)(H,36,37)/t21?,22-,23-/m1/s1. The maximum atomic E-state index is 13.4. The molecule has 2 N–H and O–H groups in total. The fourth-order valence-corrected chi connectivity index (χ4v) is 4.88. The molecule has 2 heterocycles. The molecule has 1 saturated heterocycles. The molecular weight excluding hydrogens is 576 g/mol. The van der Waals surface area contributed by atoms with E-state index < -0.39 is 60.8 Å². The summed E-state index contributed by atoms with van der Waals surface area (Å²) in [6.07, 6.45) is 2.32. The van der Waals surface area contributed by atoms with E-state index in [-0.39, 0.29) is 30.1 Å². The van der Waals surface area contributed by atoms with E-state index in [1.54, 1.807) is 20.8 Å². The van der Waals surface area contributed by atoms with Gasteiger partial charge in [-0.1, -0.05) is 50.6 Å². The first-order valence-corrected chi connectivity index (χ1v) is 14.3. The predicted molar refractivity (Wildman–Crippen MR) is 154 cm³/mol. The van der Waals surface area contributed by atoms with Gasteiger partial charge in [-0.2, -0.15) is 4.89 Å². The Hall–Kier alpha value is -4.52. The lowest BCUT2D eigenvalue weighted by atomic mass is 9.78. The highest BCUT2D eigenvalue weighted by molar-refractivity contribution is 5.97. The Morgan fingerprint density at radius 1 is 1.16 bits per heavy atom. The topological polar surface area (TPSA) is 177 Å². The van der Waals surface area contributed by atoms with Crippen molar-refractivity contribution in [1.82, 2.24) is 10.3 Å². The summed E-state index contributed by atoms with van der Waals surface area (Å²) in [5.41, 5.74) is 1.44. The van der Waals surface area contributed by atoms with Crippen molar-refractivity contribution in [1.29, 1.82) is 0 Å². The maximum Gasteiger partial charge on any atom is 0.346 e. The van der Waals surface area contributed by atoms with E-state index in [0.29, 0.717) is 36.9 Å². The van der Waals surface area contributed by atoms with Crippen LogP contribution in [0.2, 0.25) is 0 Å². The number of benzene rings is 1. The molecule has 0 spiro atoms. The van der Waals surface area contributed by atoms with E-state index in [9.17, 15) is 29.1 Å². The fourth-order valence-electron chi connectivity index (χ4n) is 4.88. The number of ether oxygens (including phenoxy) is 3. The Morgan fingerprint density at radius 3 is 2.52 bits per heavy atom. The monoisotopic (exact) mass is 614 g/mol. The van der Waals surface area contributed by atoms with Crippen LogP contribution in [-0.2, 0) is 40.1 Å². The highest BCUT2D eigenvalue weighted by Crippen LogP contribution is 2.45. The molecule has 1 aliphatic heterocycles. The molecule has 3 atom stereocenters. The quantitative estimate of drug-likeness (QED) is 0.111. The van der Waals surface area contributed by atoms with Gasteiger partial charge < -0.3 is 29.4 Å². The number of aldehydes is 1. The minimum atomic E-state index is -1.48. The van der Waals surface area contributed by atoms with E-state index >= 15 is 0 Å². The van der Waals surface area contributed by atoms with Crippen LogP contribution >= 0.6 is 0 Å². The molecule has 1 unspecified atom stereocenters. The first-order valence-electron chi connectivity index (χ1n) is 14.3. The molecule has 13 nitrogen and oxygen atoms in total. The van der Waals surface area contributed by atoms with Crippen molar-refractivity contribution in [3.8, 4) is 11.5 Å². The summed E-state index contributed by atoms with van der Waals surface area (Å²) in [4.78, 5) is 76.1. The lowest BCUT2D eigenvalue weighted by Crippen LogP contribution is -2.35. The fraction of sp³-hybridized carbons (Fsp3) is 0.484. The normalized spacial score (nSPS) is 17.7. The van der Waals surface area contributed by atoms with Gasteiger partial charge in [0.1, 0.15) is 12.2 Å². The van der Waals surface area contributed by atoms with Crippen molar-refractivity contribution in [2.75, 3.05) is 27.1 Å². The van der Waals surface area contributed by atoms with Gasteiger partial charge in [-0.15, -0.1) is 0 Å². The molecule has 1 aromatic carbocycles. The Kier molecular flexibility index (Phi) is 12.6. The van der Waals surface area contributed by atoms with Crippen LogP contribution in [0.25, 0.3) is 0 Å². The molecule has 44 heavy (non-hydrogen) atoms. The number of hydrogen-bond acceptors (Lipinski definition) is 11. The van der Waals surface area contributed by atoms with E-state index in [1.807, 2.05) is 30.3 Å². The molecule has 1 amide bonds. The first-order chi connectivity index (χ1) is 21.1. The largest absolute Gasteiger partial charge is 0.492 e. The number of carboxylic acid groups (broad SMARTS) is 1. The summed E-state index contributed by atoms with van der Waals surface area (Å²) in [6.45, 7) is 4.09. The Morgan fingerprint density at radius 2 is 1.89 bits per heavy atom. The van der Waals surface area contributed by atoms with Gasteiger partial charge in [-0.05, 0) is 31.7 Å². The number of aromatic nitrogens is 1. The number of pyridine rings is 1. The second-order valence-electron chi connectivity index (χ2n) is 10.6. The van der Waals surface area contributed by atoms with Crippen LogP contribution in [0.4, 0.5) is 0 Å². The Labute approximate surface area is 255 Å². The second kappa shape index (κ2) is 16.4. The number of hydrogen-bond donors (Lipinski definition) is 2. The lowest BCUT2D eigenvalue weighted by molar-refractivity contribution is -0.275. The van der Waals surface area contributed by atoms with Crippen LogP contribution in [0.5, 0.6) is 11.5 Å². The number of nitrogens with zero attached hydrogens (tertiary/aromatic N) is 1. The van der Waals surface area contributed by atoms with Crippen molar-refractivity contribution in [3.05, 3.63) is 52.8 Å². The summed E-state index contributed by atoms with van der Waals surface area (Å²) in [7, 11) is 1.36. The van der Waals surface area contributed by atoms with Crippen LogP contribution in [0.3, 0.4) is 0 Å². The summed E-state index contributed by atoms with van der Waals surface area (Å²) in [5, 5.41) is 11.6. The van der Waals surface area contributed by atoms with Gasteiger partial charge in [-0.25, -0.2) is 9.78 Å². The Bertz CT molecular complexity index is 1330. The molecule has 0 radical (unpaired) electrons. The SMILES string of the molecule is COc1c(OCOC(=O)C(C)C)c(C(=O)NCC(C=O)C(=O)O)nc(C)c1[C@@H]1CCCCOOC(=O)[C@@H]1Cc1ccccc1. The van der Waals surface area contributed by atoms with Crippen molar-refractivity contribution < 1.29 is 53.1 Å². The molecule has 1 aliphatic rings. The molecule has 0 aliphatic carbocycles. The molecule has 2 aromatic rings. The van der Waals surface area contributed by atoms with Gasteiger partial charge in [0.2, 0.25) is 6.79 Å². The zero-order chi connectivity index (χ0) is 32.2. The van der Waals surface area contributed by atoms with Crippen LogP contribution in [-0.4, -0.2) is 67.2 Å². The average Bonchev–Trinajstić information content (AvgIpc) is 3.08. The van der Waals surface area contributed by atoms with Crippen molar-refractivity contribution in [3.63, 3.8) is 0 Å². The Balaban J connectivity index is 2.13. The zero-order valence-corrected chi connectivity index (χ0v) is 25.2. The third kappa shape index (κ3) is 8.75. The lowest BCUT2D eigenvalue weighted by Gasteiger charge is -2.29. The number of rotatable bonds is 13. The molecule has 1 fully saturated rings. The average molecular weight is 615 g/mol. The van der Waals surface area contributed by atoms with Gasteiger partial charge in [0, 0.05) is 23.7 Å². The number of methoxy groups -OCH3 is 1. The number of nitrogens with one attached hydrogen (secondary N) is 1. The highest BCUT2D eigenvalue weighted by atomic mass is 17.2. The summed E-state index contributed by atoms with van der Waals surface area (Å²) >= 11 is 0. The maximum absolute atomic E-state index is 13.4. The minimum absolute atomic E-state index is 0.0874. The van der Waals surface area contributed by atoms with Gasteiger partial charge in [-0.3, -0.25) is 19.3 Å². The molecule has 13 heteroatoms. The molecule has 0 bridgehead atoms. The molecule has 238 valence electrons. The highest BCUT2D eigenvalue weighted by Gasteiger charge is 2.38. The zero-order valence-electron chi connectivity index (χ0n) is 25.2. The predicted octanol–water partition coefficient (Wildman–Crippen LogP) is 3.16. The van der Waals surface area contributed by atoms with Crippen molar-refractivity contribution >= 4 is 30.1 Å². The second-order valence-corrected chi connectivity index (χ2v) is 10.6. The van der Waals surface area contributed by atoms with Gasteiger partial charge >= 0.3 is 17.9 Å². The van der Waals surface area contributed by atoms with E-state index in [0.717, 1.165) is 5.56 Å². The minimum Gasteiger partial charge on any atom is -0.492 e. The van der Waals surface area contributed by atoms with Gasteiger partial charge in [0.15, 0.2) is 17.2 Å². The molecule has 0 saturated carbocycles. The molecule has 1 aromatic heterocycles.